The summed E-state index contributed by atoms with van der Waals surface area (Å²) in [5, 5.41) is 2.77. The highest BCUT2D eigenvalue weighted by Gasteiger charge is 2.41. The number of amides is 1. The van der Waals surface area contributed by atoms with Gasteiger partial charge in [-0.2, -0.15) is 0 Å². The molecule has 8 heteroatoms. The van der Waals surface area contributed by atoms with Crippen LogP contribution in [0.4, 0.5) is 11.5 Å². The van der Waals surface area contributed by atoms with E-state index in [2.05, 4.69) is 15.0 Å². The van der Waals surface area contributed by atoms with Crippen molar-refractivity contribution in [2.45, 2.75) is 11.8 Å². The van der Waals surface area contributed by atoms with Crippen LogP contribution >= 0.6 is 0 Å². The van der Waals surface area contributed by atoms with Crippen molar-refractivity contribution in [3.63, 3.8) is 0 Å². The summed E-state index contributed by atoms with van der Waals surface area (Å²) < 4.78 is 32.0. The number of benzene rings is 1. The van der Waals surface area contributed by atoms with Gasteiger partial charge in [0.25, 0.3) is 10.0 Å². The first-order valence-corrected chi connectivity index (χ1v) is 8.81. The van der Waals surface area contributed by atoms with Crippen LogP contribution in [0.5, 0.6) is 0 Å². The molecule has 0 aliphatic carbocycles. The molecule has 0 unspecified atom stereocenters. The third-order valence-electron chi connectivity index (χ3n) is 3.72. The molecule has 1 amide bonds. The van der Waals surface area contributed by atoms with E-state index in [4.69, 9.17) is 4.74 Å². The third-order valence-corrected chi connectivity index (χ3v) is 5.09. The highest BCUT2D eigenvalue weighted by molar-refractivity contribution is 7.92. The third kappa shape index (κ3) is 3.39. The number of anilines is 2. The van der Waals surface area contributed by atoms with Gasteiger partial charge >= 0.3 is 0 Å². The molecule has 0 saturated carbocycles. The van der Waals surface area contributed by atoms with Gasteiger partial charge in [0.2, 0.25) is 5.91 Å². The molecular weight excluding hydrogens is 330 g/mol. The number of pyridine rings is 1. The van der Waals surface area contributed by atoms with Crippen LogP contribution in [0.2, 0.25) is 0 Å². The minimum atomic E-state index is -3.73. The molecule has 24 heavy (non-hydrogen) atoms. The van der Waals surface area contributed by atoms with Crippen molar-refractivity contribution in [3.05, 3.63) is 48.7 Å². The lowest BCUT2D eigenvalue weighted by Crippen LogP contribution is -2.49. The maximum Gasteiger partial charge on any atom is 0.263 e. The molecule has 0 atom stereocenters. The number of hydrogen-bond acceptors (Lipinski definition) is 5. The molecule has 1 aromatic heterocycles. The van der Waals surface area contributed by atoms with Crippen LogP contribution in [-0.2, 0) is 19.6 Å². The van der Waals surface area contributed by atoms with Crippen molar-refractivity contribution in [1.82, 2.24) is 4.98 Å². The van der Waals surface area contributed by atoms with Gasteiger partial charge in [-0.15, -0.1) is 0 Å². The Balaban J connectivity index is 1.70. The molecule has 0 radical (unpaired) electrons. The minimum absolute atomic E-state index is 0.0874. The number of carbonyl (C=O) groups excluding carboxylic acids is 1. The van der Waals surface area contributed by atoms with Crippen LogP contribution in [0.15, 0.2) is 53.6 Å². The summed E-state index contributed by atoms with van der Waals surface area (Å²) in [5.74, 6) is 0.101. The average Bonchev–Trinajstić information content (AvgIpc) is 2.53. The number of rotatable bonds is 5. The van der Waals surface area contributed by atoms with Crippen LogP contribution in [0.1, 0.15) is 6.92 Å². The Hall–Kier alpha value is -2.45. The van der Waals surface area contributed by atoms with Crippen LogP contribution < -0.4 is 10.0 Å². The van der Waals surface area contributed by atoms with Gasteiger partial charge in [0, 0.05) is 11.9 Å². The van der Waals surface area contributed by atoms with Gasteiger partial charge < -0.3 is 10.1 Å². The Kier molecular flexibility index (Phi) is 4.25. The lowest BCUT2D eigenvalue weighted by Gasteiger charge is -2.36. The number of nitrogens with one attached hydrogen (secondary N) is 2. The Morgan fingerprint density at radius 1 is 1.17 bits per heavy atom. The van der Waals surface area contributed by atoms with Gasteiger partial charge in [-0.1, -0.05) is 6.07 Å². The van der Waals surface area contributed by atoms with E-state index in [0.717, 1.165) is 0 Å². The molecule has 1 fully saturated rings. The molecule has 7 nitrogen and oxygen atoms in total. The van der Waals surface area contributed by atoms with Crippen LogP contribution in [-0.4, -0.2) is 32.5 Å². The van der Waals surface area contributed by atoms with E-state index in [-0.39, 0.29) is 16.6 Å². The maximum absolute atomic E-state index is 12.3. The monoisotopic (exact) mass is 347 g/mol. The van der Waals surface area contributed by atoms with Gasteiger partial charge in [-0.25, -0.2) is 13.4 Å². The molecule has 2 heterocycles. The molecule has 0 spiro atoms. The minimum Gasteiger partial charge on any atom is -0.379 e. The lowest BCUT2D eigenvalue weighted by molar-refractivity contribution is -0.151. The highest BCUT2D eigenvalue weighted by Crippen LogP contribution is 2.28. The number of aromatic nitrogens is 1. The summed E-state index contributed by atoms with van der Waals surface area (Å²) in [7, 11) is -3.73. The van der Waals surface area contributed by atoms with Gasteiger partial charge in [-0.3, -0.25) is 9.52 Å². The summed E-state index contributed by atoms with van der Waals surface area (Å²) in [5.41, 5.74) is 0.00979. The van der Waals surface area contributed by atoms with Crippen LogP contribution in [0.3, 0.4) is 0 Å². The zero-order chi connectivity index (χ0) is 17.2. The molecule has 1 aliphatic rings. The number of ether oxygens (including phenoxy) is 1. The highest BCUT2D eigenvalue weighted by atomic mass is 32.2. The van der Waals surface area contributed by atoms with E-state index in [9.17, 15) is 13.2 Å². The number of hydrogen-bond donors (Lipinski definition) is 2. The fourth-order valence-electron chi connectivity index (χ4n) is 2.16. The lowest BCUT2D eigenvalue weighted by atomic mass is 9.87. The molecule has 2 N–H and O–H groups in total. The topological polar surface area (TPSA) is 97.4 Å². The second kappa shape index (κ2) is 6.21. The molecule has 2 aromatic rings. The standard InChI is InChI=1S/C16H17N3O4S/c1-16(10-23-11-16)15(20)18-12-5-7-13(8-6-12)24(21,22)19-14-4-2-3-9-17-14/h2-9H,10-11H2,1H3,(H,17,19)(H,18,20). The van der Waals surface area contributed by atoms with E-state index < -0.39 is 15.4 Å². The van der Waals surface area contributed by atoms with Crippen molar-refractivity contribution in [2.75, 3.05) is 23.3 Å². The average molecular weight is 347 g/mol. The molecule has 0 bridgehead atoms. The molecular formula is C16H17N3O4S. The zero-order valence-corrected chi connectivity index (χ0v) is 13.8. The van der Waals surface area contributed by atoms with Crippen molar-refractivity contribution in [3.8, 4) is 0 Å². The Morgan fingerprint density at radius 3 is 2.42 bits per heavy atom. The van der Waals surface area contributed by atoms with Gasteiger partial charge in [-0.05, 0) is 43.3 Å². The summed E-state index contributed by atoms with van der Waals surface area (Å²) in [4.78, 5) is 16.1. The van der Waals surface area contributed by atoms with Crippen molar-refractivity contribution < 1.29 is 17.9 Å². The SMILES string of the molecule is CC1(C(=O)Nc2ccc(S(=O)(=O)Nc3ccccn3)cc2)COC1. The first-order chi connectivity index (χ1) is 11.4. The zero-order valence-electron chi connectivity index (χ0n) is 13.0. The van der Waals surface area contributed by atoms with E-state index >= 15 is 0 Å². The molecule has 126 valence electrons. The normalized spacial score (nSPS) is 16.0. The smallest absolute Gasteiger partial charge is 0.263 e. The summed E-state index contributed by atoms with van der Waals surface area (Å²) in [6.45, 7) is 2.60. The van der Waals surface area contributed by atoms with Crippen LogP contribution in [0, 0.1) is 5.41 Å². The molecule has 3 rings (SSSR count). The predicted octanol–water partition coefficient (Wildman–Crippen LogP) is 1.86. The molecule has 1 aliphatic heterocycles. The quantitative estimate of drug-likeness (QED) is 0.860. The fourth-order valence-corrected chi connectivity index (χ4v) is 3.17. The van der Waals surface area contributed by atoms with E-state index in [1.807, 2.05) is 6.92 Å². The largest absolute Gasteiger partial charge is 0.379 e. The first kappa shape index (κ1) is 16.4. The second-order valence-corrected chi connectivity index (χ2v) is 7.53. The van der Waals surface area contributed by atoms with Gasteiger partial charge in [0.1, 0.15) is 5.82 Å². The van der Waals surface area contributed by atoms with E-state index in [0.29, 0.717) is 18.9 Å². The molecule has 1 aromatic carbocycles. The second-order valence-electron chi connectivity index (χ2n) is 5.85. The van der Waals surface area contributed by atoms with Gasteiger partial charge in [0.15, 0.2) is 0 Å². The van der Waals surface area contributed by atoms with Crippen molar-refractivity contribution in [2.24, 2.45) is 5.41 Å². The Bertz CT molecular complexity index is 831. The number of nitrogens with zero attached hydrogens (tertiary/aromatic N) is 1. The first-order valence-electron chi connectivity index (χ1n) is 7.32. The van der Waals surface area contributed by atoms with E-state index in [1.165, 1.54) is 18.3 Å². The van der Waals surface area contributed by atoms with E-state index in [1.54, 1.807) is 30.3 Å². The summed E-state index contributed by atoms with van der Waals surface area (Å²) in [6.07, 6.45) is 1.50. The summed E-state index contributed by atoms with van der Waals surface area (Å²) >= 11 is 0. The van der Waals surface area contributed by atoms with Crippen molar-refractivity contribution in [1.29, 1.82) is 0 Å². The fraction of sp³-hybridized carbons (Fsp3) is 0.250. The Morgan fingerprint density at radius 2 is 1.88 bits per heavy atom. The number of carbonyl (C=O) groups is 1. The predicted molar refractivity (Wildman–Crippen MR) is 89.0 cm³/mol. The number of sulfonamides is 1. The Labute approximate surface area is 140 Å². The van der Waals surface area contributed by atoms with Crippen LogP contribution in [0.25, 0.3) is 0 Å². The van der Waals surface area contributed by atoms with Crippen molar-refractivity contribution >= 4 is 27.4 Å². The maximum atomic E-state index is 12.3. The molecule has 1 saturated heterocycles. The van der Waals surface area contributed by atoms with Gasteiger partial charge in [0.05, 0.1) is 23.5 Å². The summed E-state index contributed by atoms with van der Waals surface area (Å²) in [6, 6.07) is 10.9.